The molecule has 1 N–H and O–H groups in total. The molecule has 2 heterocycles. The topological polar surface area (TPSA) is 64.7 Å². The highest BCUT2D eigenvalue weighted by atomic mass is 16.2. The largest absolute Gasteiger partial charge is 0.346 e. The van der Waals surface area contributed by atoms with E-state index in [0.29, 0.717) is 13.1 Å². The van der Waals surface area contributed by atoms with E-state index in [4.69, 9.17) is 0 Å². The molecule has 1 aromatic carbocycles. The number of amides is 1. The summed E-state index contributed by atoms with van der Waals surface area (Å²) in [5.41, 5.74) is 1.03. The van der Waals surface area contributed by atoms with Gasteiger partial charge < -0.3 is 9.88 Å². The van der Waals surface area contributed by atoms with E-state index in [1.165, 1.54) is 0 Å². The van der Waals surface area contributed by atoms with Crippen molar-refractivity contribution < 1.29 is 4.79 Å². The van der Waals surface area contributed by atoms with E-state index in [0.717, 1.165) is 5.56 Å². The summed E-state index contributed by atoms with van der Waals surface area (Å²) < 4.78 is 1.84. The second kappa shape index (κ2) is 6.71. The molecule has 3 rings (SSSR count). The molecule has 22 heavy (non-hydrogen) atoms. The Balaban J connectivity index is 1.72. The number of hydrogen-bond donors (Lipinski definition) is 1. The van der Waals surface area contributed by atoms with Crippen LogP contribution in [0.5, 0.6) is 0 Å². The number of hydrogen-bond acceptors (Lipinski definition) is 3. The van der Waals surface area contributed by atoms with Gasteiger partial charge in [0, 0.05) is 12.4 Å². The molecule has 1 amide bonds. The van der Waals surface area contributed by atoms with Crippen LogP contribution in [0.4, 0.5) is 0 Å². The molecule has 6 nitrogen and oxygen atoms in total. The fourth-order valence-electron chi connectivity index (χ4n) is 2.30. The van der Waals surface area contributed by atoms with Crippen LogP contribution < -0.4 is 5.32 Å². The van der Waals surface area contributed by atoms with Crippen molar-refractivity contribution in [3.8, 4) is 0 Å². The first kappa shape index (κ1) is 14.1. The second-order valence-corrected chi connectivity index (χ2v) is 4.97. The van der Waals surface area contributed by atoms with Crippen molar-refractivity contribution in [2.24, 2.45) is 0 Å². The van der Waals surface area contributed by atoms with Crippen LogP contribution in [-0.4, -0.2) is 25.5 Å². The number of aromatic nitrogens is 4. The zero-order valence-electron chi connectivity index (χ0n) is 12.0. The first-order valence-corrected chi connectivity index (χ1v) is 7.10. The van der Waals surface area contributed by atoms with E-state index in [2.05, 4.69) is 15.5 Å². The minimum Gasteiger partial charge on any atom is -0.346 e. The van der Waals surface area contributed by atoms with Gasteiger partial charge in [-0.1, -0.05) is 30.3 Å². The van der Waals surface area contributed by atoms with Gasteiger partial charge in [-0.2, -0.15) is 15.0 Å². The van der Waals surface area contributed by atoms with Gasteiger partial charge in [0.2, 0.25) is 5.91 Å². The molecular formula is C16H17N5O. The molecule has 0 saturated heterocycles. The van der Waals surface area contributed by atoms with Crippen LogP contribution in [0.1, 0.15) is 11.6 Å². The number of nitrogens with zero attached hydrogens (tertiary/aromatic N) is 4. The summed E-state index contributed by atoms with van der Waals surface area (Å²) in [7, 11) is 0. The van der Waals surface area contributed by atoms with E-state index in [-0.39, 0.29) is 11.9 Å². The Kier molecular flexibility index (Phi) is 4.29. The third-order valence-corrected chi connectivity index (χ3v) is 3.34. The van der Waals surface area contributed by atoms with Crippen molar-refractivity contribution in [2.75, 3.05) is 0 Å². The van der Waals surface area contributed by atoms with Gasteiger partial charge >= 0.3 is 0 Å². The summed E-state index contributed by atoms with van der Waals surface area (Å²) in [4.78, 5) is 13.8. The molecule has 0 aliphatic carbocycles. The number of carbonyl (C=O) groups excluding carboxylic acids is 1. The average molecular weight is 295 g/mol. The third-order valence-electron chi connectivity index (χ3n) is 3.34. The predicted molar refractivity (Wildman–Crippen MR) is 81.8 cm³/mol. The first-order chi connectivity index (χ1) is 10.8. The van der Waals surface area contributed by atoms with Gasteiger partial charge in [-0.15, -0.1) is 0 Å². The van der Waals surface area contributed by atoms with Gasteiger partial charge in [0.15, 0.2) is 0 Å². The van der Waals surface area contributed by atoms with Gasteiger partial charge in [-0.25, -0.2) is 0 Å². The molecule has 0 spiro atoms. The lowest BCUT2D eigenvalue weighted by molar-refractivity contribution is -0.122. The van der Waals surface area contributed by atoms with E-state index in [1.54, 1.807) is 17.2 Å². The quantitative estimate of drug-likeness (QED) is 0.752. The summed E-state index contributed by atoms with van der Waals surface area (Å²) in [6, 6.07) is 13.5. The predicted octanol–water partition coefficient (Wildman–Crippen LogP) is 1.64. The van der Waals surface area contributed by atoms with Crippen LogP contribution in [-0.2, 0) is 17.9 Å². The van der Waals surface area contributed by atoms with Gasteiger partial charge in [0.1, 0.15) is 6.54 Å². The van der Waals surface area contributed by atoms with E-state index >= 15 is 0 Å². The molecule has 0 radical (unpaired) electrons. The highest BCUT2D eigenvalue weighted by Crippen LogP contribution is 2.14. The van der Waals surface area contributed by atoms with Crippen LogP contribution >= 0.6 is 0 Å². The van der Waals surface area contributed by atoms with Crippen LogP contribution in [0, 0.1) is 0 Å². The number of rotatable bonds is 6. The van der Waals surface area contributed by atoms with E-state index in [1.807, 2.05) is 59.4 Å². The van der Waals surface area contributed by atoms with Crippen molar-refractivity contribution in [3.05, 3.63) is 72.8 Å². The first-order valence-electron chi connectivity index (χ1n) is 7.10. The maximum atomic E-state index is 12.2. The highest BCUT2D eigenvalue weighted by molar-refractivity contribution is 5.76. The average Bonchev–Trinajstić information content (AvgIpc) is 3.21. The fourth-order valence-corrected chi connectivity index (χ4v) is 2.30. The van der Waals surface area contributed by atoms with Crippen LogP contribution in [0.2, 0.25) is 0 Å². The lowest BCUT2D eigenvalue weighted by Gasteiger charge is -2.19. The number of carbonyl (C=O) groups is 1. The van der Waals surface area contributed by atoms with Gasteiger partial charge in [-0.3, -0.25) is 4.79 Å². The Morgan fingerprint density at radius 3 is 2.41 bits per heavy atom. The molecule has 0 bridgehead atoms. The van der Waals surface area contributed by atoms with Gasteiger partial charge in [0.25, 0.3) is 0 Å². The lowest BCUT2D eigenvalue weighted by atomic mass is 10.1. The molecule has 0 saturated carbocycles. The smallest absolute Gasteiger partial charge is 0.240 e. The number of benzene rings is 1. The maximum absolute atomic E-state index is 12.2. The fraction of sp³-hybridized carbons (Fsp3) is 0.188. The van der Waals surface area contributed by atoms with Crippen molar-refractivity contribution >= 4 is 5.91 Å². The minimum absolute atomic E-state index is 0.0443. The van der Waals surface area contributed by atoms with Crippen LogP contribution in [0.15, 0.2) is 67.3 Å². The van der Waals surface area contributed by atoms with E-state index < -0.39 is 0 Å². The Labute approximate surface area is 128 Å². The molecule has 6 heteroatoms. The molecule has 3 aromatic rings. The second-order valence-electron chi connectivity index (χ2n) is 4.97. The summed E-state index contributed by atoms with van der Waals surface area (Å²) in [6.45, 7) is 0.789. The lowest BCUT2D eigenvalue weighted by Crippen LogP contribution is -2.34. The highest BCUT2D eigenvalue weighted by Gasteiger charge is 2.16. The molecule has 112 valence electrons. The van der Waals surface area contributed by atoms with Crippen LogP contribution in [0.3, 0.4) is 0 Å². The van der Waals surface area contributed by atoms with Crippen LogP contribution in [0.25, 0.3) is 0 Å². The summed E-state index contributed by atoms with van der Waals surface area (Å²) in [5, 5.41) is 11.3. The van der Waals surface area contributed by atoms with Gasteiger partial charge in [-0.05, 0) is 17.7 Å². The zero-order valence-corrected chi connectivity index (χ0v) is 12.0. The molecule has 0 fully saturated rings. The summed E-state index contributed by atoms with van der Waals surface area (Å²) >= 11 is 0. The third kappa shape index (κ3) is 3.60. The normalized spacial score (nSPS) is 12.0. The molecule has 0 unspecified atom stereocenters. The molecule has 0 aliphatic heterocycles. The van der Waals surface area contributed by atoms with E-state index in [9.17, 15) is 4.79 Å². The molecule has 2 aromatic heterocycles. The standard InChI is InChI=1S/C16H17N5O/c22-16(13-20-10-4-5-11-20)19-15(12-21-17-8-9-18-21)14-6-2-1-3-7-14/h1-11,15H,12-13H2,(H,19,22)/t15-/m1/s1. The van der Waals surface area contributed by atoms with Crippen molar-refractivity contribution in [1.82, 2.24) is 24.9 Å². The summed E-state index contributed by atoms with van der Waals surface area (Å²) in [6.07, 6.45) is 6.99. The SMILES string of the molecule is O=C(Cn1cccc1)N[C@H](Cn1nccn1)c1ccccc1. The maximum Gasteiger partial charge on any atom is 0.240 e. The summed E-state index contributed by atoms with van der Waals surface area (Å²) in [5.74, 6) is -0.0443. The Bertz CT molecular complexity index is 691. The zero-order chi connectivity index (χ0) is 15.2. The Hall–Kier alpha value is -2.89. The molecule has 1 atom stereocenters. The number of nitrogens with one attached hydrogen (secondary N) is 1. The Morgan fingerprint density at radius 1 is 1.05 bits per heavy atom. The Morgan fingerprint density at radius 2 is 1.73 bits per heavy atom. The minimum atomic E-state index is -0.170. The van der Waals surface area contributed by atoms with Gasteiger partial charge in [0.05, 0.1) is 25.0 Å². The monoisotopic (exact) mass is 295 g/mol. The molecule has 0 aliphatic rings. The van der Waals surface area contributed by atoms with Crippen molar-refractivity contribution in [3.63, 3.8) is 0 Å². The van der Waals surface area contributed by atoms with Crippen molar-refractivity contribution in [1.29, 1.82) is 0 Å². The molecular weight excluding hydrogens is 278 g/mol. The van der Waals surface area contributed by atoms with Crippen molar-refractivity contribution in [2.45, 2.75) is 19.1 Å².